The Balaban J connectivity index is 1.45. The van der Waals surface area contributed by atoms with E-state index in [1.807, 2.05) is 19.1 Å². The van der Waals surface area contributed by atoms with Crippen LogP contribution in [-0.4, -0.2) is 56.8 Å². The number of benzene rings is 2. The minimum Gasteiger partial charge on any atom is -0.322 e. The zero-order chi connectivity index (χ0) is 21.5. The van der Waals surface area contributed by atoms with E-state index < -0.39 is 16.1 Å². The molecule has 2 heterocycles. The van der Waals surface area contributed by atoms with Gasteiger partial charge in [0, 0.05) is 5.02 Å². The predicted molar refractivity (Wildman–Crippen MR) is 113 cm³/mol. The van der Waals surface area contributed by atoms with Crippen LogP contribution < -0.4 is 9.80 Å². The van der Waals surface area contributed by atoms with E-state index in [0.29, 0.717) is 23.8 Å². The molecule has 2 saturated heterocycles. The maximum Gasteiger partial charge on any atom is 0.292 e. The second-order valence-corrected chi connectivity index (χ2v) is 10.1. The molecule has 0 unspecified atom stereocenters. The van der Waals surface area contributed by atoms with Gasteiger partial charge in [-0.1, -0.05) is 35.4 Å². The lowest BCUT2D eigenvalue weighted by atomic mass is 10.2. The molecule has 1 atom stereocenters. The van der Waals surface area contributed by atoms with Gasteiger partial charge < -0.3 is 4.90 Å². The molecule has 0 aliphatic carbocycles. The molecular formula is C21H23ClN3O4S+. The summed E-state index contributed by atoms with van der Waals surface area (Å²) in [6.07, 6.45) is 0.142. The third-order valence-electron chi connectivity index (χ3n) is 5.73. The highest BCUT2D eigenvalue weighted by molar-refractivity contribution is 7.89. The number of rotatable bonds is 4. The largest absolute Gasteiger partial charge is 0.322 e. The Morgan fingerprint density at radius 1 is 1.03 bits per heavy atom. The maximum atomic E-state index is 13.0. The predicted octanol–water partition coefficient (Wildman–Crippen LogP) is 0.870. The van der Waals surface area contributed by atoms with Crippen LogP contribution in [0.3, 0.4) is 0 Å². The summed E-state index contributed by atoms with van der Waals surface area (Å²) in [6, 6.07) is 13.0. The van der Waals surface area contributed by atoms with E-state index in [-0.39, 0.29) is 36.2 Å². The number of amides is 2. The number of nitrogens with zero attached hydrogens (tertiary/aromatic N) is 2. The van der Waals surface area contributed by atoms with Gasteiger partial charge in [0.15, 0.2) is 6.04 Å². The Hall–Kier alpha value is -2.26. The average molecular weight is 449 g/mol. The number of anilines is 1. The number of carbonyl (C=O) groups excluding carboxylic acids is 2. The monoisotopic (exact) mass is 448 g/mol. The summed E-state index contributed by atoms with van der Waals surface area (Å²) in [7, 11) is -3.64. The van der Waals surface area contributed by atoms with Crippen LogP contribution in [0.25, 0.3) is 0 Å². The molecule has 7 nitrogen and oxygen atoms in total. The van der Waals surface area contributed by atoms with Crippen molar-refractivity contribution in [1.82, 2.24) is 4.31 Å². The lowest BCUT2D eigenvalue weighted by molar-refractivity contribution is -0.918. The van der Waals surface area contributed by atoms with Gasteiger partial charge in [0.05, 0.1) is 43.2 Å². The van der Waals surface area contributed by atoms with Gasteiger partial charge in [-0.3, -0.25) is 9.59 Å². The van der Waals surface area contributed by atoms with Crippen molar-refractivity contribution in [2.45, 2.75) is 24.3 Å². The van der Waals surface area contributed by atoms with Gasteiger partial charge in [-0.25, -0.2) is 13.3 Å². The summed E-state index contributed by atoms with van der Waals surface area (Å²) >= 11 is 5.94. The van der Waals surface area contributed by atoms with Crippen molar-refractivity contribution >= 4 is 39.1 Å². The molecule has 2 aliphatic rings. The van der Waals surface area contributed by atoms with Crippen LogP contribution in [0, 0.1) is 6.92 Å². The molecule has 1 N–H and O–H groups in total. The molecule has 2 aliphatic heterocycles. The number of quaternary nitrogens is 1. The SMILES string of the molecule is Cc1ccc(N2C(=O)C[C@@H]([NH+]3CCN(S(=O)(=O)c4cccc(Cl)c4)CC3)C2=O)cc1. The highest BCUT2D eigenvalue weighted by Crippen LogP contribution is 2.23. The van der Waals surface area contributed by atoms with Gasteiger partial charge in [-0.2, -0.15) is 4.31 Å². The Labute approximate surface area is 180 Å². The first-order chi connectivity index (χ1) is 14.3. The average Bonchev–Trinajstić information content (AvgIpc) is 3.03. The summed E-state index contributed by atoms with van der Waals surface area (Å²) in [6.45, 7) is 3.44. The summed E-state index contributed by atoms with van der Waals surface area (Å²) < 4.78 is 27.2. The van der Waals surface area contributed by atoms with E-state index in [1.54, 1.807) is 24.3 Å². The molecule has 0 aromatic heterocycles. The fourth-order valence-electron chi connectivity index (χ4n) is 4.05. The van der Waals surface area contributed by atoms with Gasteiger partial charge in [-0.15, -0.1) is 0 Å². The van der Waals surface area contributed by atoms with Crippen molar-refractivity contribution in [3.05, 3.63) is 59.1 Å². The van der Waals surface area contributed by atoms with Gasteiger partial charge in [0.25, 0.3) is 5.91 Å². The Morgan fingerprint density at radius 3 is 2.33 bits per heavy atom. The highest BCUT2D eigenvalue weighted by atomic mass is 35.5. The molecule has 0 spiro atoms. The molecule has 2 fully saturated rings. The van der Waals surface area contributed by atoms with Gasteiger partial charge in [0.2, 0.25) is 15.9 Å². The summed E-state index contributed by atoms with van der Waals surface area (Å²) in [5.41, 5.74) is 1.64. The first kappa shape index (κ1) is 21.0. The normalized spacial score (nSPS) is 21.4. The molecule has 2 aromatic rings. The van der Waals surface area contributed by atoms with Crippen molar-refractivity contribution in [2.75, 3.05) is 31.1 Å². The third kappa shape index (κ3) is 3.88. The minimum atomic E-state index is -3.64. The second-order valence-electron chi connectivity index (χ2n) is 7.68. The molecule has 4 rings (SSSR count). The number of nitrogens with one attached hydrogen (secondary N) is 1. The number of sulfonamides is 1. The fourth-order valence-corrected chi connectivity index (χ4v) is 5.80. The summed E-state index contributed by atoms with van der Waals surface area (Å²) in [5, 5.41) is 0.367. The van der Waals surface area contributed by atoms with Crippen LogP contribution >= 0.6 is 11.6 Å². The number of carbonyl (C=O) groups is 2. The van der Waals surface area contributed by atoms with Crippen molar-refractivity contribution < 1.29 is 22.9 Å². The van der Waals surface area contributed by atoms with E-state index >= 15 is 0 Å². The third-order valence-corrected chi connectivity index (χ3v) is 7.86. The van der Waals surface area contributed by atoms with Gasteiger partial charge in [0.1, 0.15) is 0 Å². The van der Waals surface area contributed by atoms with Crippen LogP contribution in [0.2, 0.25) is 5.02 Å². The van der Waals surface area contributed by atoms with Crippen LogP contribution in [0.4, 0.5) is 5.69 Å². The Bertz CT molecular complexity index is 1080. The lowest BCUT2D eigenvalue weighted by Gasteiger charge is -2.33. The zero-order valence-electron chi connectivity index (χ0n) is 16.5. The van der Waals surface area contributed by atoms with E-state index in [9.17, 15) is 18.0 Å². The topological polar surface area (TPSA) is 79.2 Å². The van der Waals surface area contributed by atoms with Gasteiger partial charge >= 0.3 is 0 Å². The number of halogens is 1. The number of piperazine rings is 1. The van der Waals surface area contributed by atoms with E-state index in [2.05, 4.69) is 0 Å². The zero-order valence-corrected chi connectivity index (χ0v) is 18.1. The van der Waals surface area contributed by atoms with E-state index in [0.717, 1.165) is 10.5 Å². The van der Waals surface area contributed by atoms with Crippen molar-refractivity contribution in [1.29, 1.82) is 0 Å². The van der Waals surface area contributed by atoms with Crippen molar-refractivity contribution in [3.63, 3.8) is 0 Å². The molecule has 0 saturated carbocycles. The standard InChI is InChI=1S/C21H22ClN3O4S/c1-15-5-7-17(8-6-15)25-20(26)14-19(21(25)27)23-9-11-24(12-10-23)30(28,29)18-4-2-3-16(22)13-18/h2-8,13,19H,9-12,14H2,1H3/p+1/t19-/m1/s1. The minimum absolute atomic E-state index is 0.142. The van der Waals surface area contributed by atoms with Gasteiger partial charge in [-0.05, 0) is 37.3 Å². The quantitative estimate of drug-likeness (QED) is 0.704. The first-order valence-corrected chi connectivity index (χ1v) is 11.6. The number of hydrogen-bond donors (Lipinski definition) is 1. The highest BCUT2D eigenvalue weighted by Gasteiger charge is 2.47. The number of imide groups is 1. The summed E-state index contributed by atoms with van der Waals surface area (Å²) in [4.78, 5) is 27.9. The molecule has 0 radical (unpaired) electrons. The number of hydrogen-bond acceptors (Lipinski definition) is 4. The summed E-state index contributed by atoms with van der Waals surface area (Å²) in [5.74, 6) is -0.430. The molecule has 30 heavy (non-hydrogen) atoms. The second kappa shape index (κ2) is 8.11. The van der Waals surface area contributed by atoms with Crippen molar-refractivity contribution in [2.24, 2.45) is 0 Å². The smallest absolute Gasteiger partial charge is 0.292 e. The fraction of sp³-hybridized carbons (Fsp3) is 0.333. The van der Waals surface area contributed by atoms with Crippen LogP contribution in [-0.2, 0) is 19.6 Å². The van der Waals surface area contributed by atoms with E-state index in [1.165, 1.54) is 21.3 Å². The number of aryl methyl sites for hydroxylation is 1. The molecule has 2 amide bonds. The van der Waals surface area contributed by atoms with E-state index in [4.69, 9.17) is 11.6 Å². The van der Waals surface area contributed by atoms with Crippen LogP contribution in [0.1, 0.15) is 12.0 Å². The van der Waals surface area contributed by atoms with Crippen molar-refractivity contribution in [3.8, 4) is 0 Å². The Morgan fingerprint density at radius 2 is 1.70 bits per heavy atom. The molecule has 9 heteroatoms. The molecular weight excluding hydrogens is 426 g/mol. The molecule has 0 bridgehead atoms. The van der Waals surface area contributed by atoms with Crippen LogP contribution in [0.15, 0.2) is 53.4 Å². The molecule has 158 valence electrons. The lowest BCUT2D eigenvalue weighted by Crippen LogP contribution is -3.19. The first-order valence-electron chi connectivity index (χ1n) is 9.81. The Kier molecular flexibility index (Phi) is 5.67. The molecule has 2 aromatic carbocycles. The maximum absolute atomic E-state index is 13.0. The van der Waals surface area contributed by atoms with Crippen LogP contribution in [0.5, 0.6) is 0 Å².